The lowest BCUT2D eigenvalue weighted by molar-refractivity contribution is -0.139. The smallest absolute Gasteiger partial charge is 0.317 e. The number of benzene rings is 1. The molecule has 2 N–H and O–H groups in total. The first-order valence-electron chi connectivity index (χ1n) is 7.81. The standard InChI is InChI=1S/C17H22N2O3/c1-2-19(11-17(20)21)15-8-14(9-15)18-10-12-3-4-16-13(7-12)5-6-22-16/h3-7,14-15,18H,2,8-11H2,1H3,(H,20,21). The largest absolute Gasteiger partial charge is 0.480 e. The van der Waals surface area contributed by atoms with Crippen molar-refractivity contribution in [1.29, 1.82) is 0 Å². The summed E-state index contributed by atoms with van der Waals surface area (Å²) >= 11 is 0. The SMILES string of the molecule is CCN(CC(=O)O)C1CC(NCc2ccc3occc3c2)C1. The van der Waals surface area contributed by atoms with Gasteiger partial charge in [0.15, 0.2) is 0 Å². The predicted octanol–water partition coefficient (Wildman–Crippen LogP) is 2.46. The van der Waals surface area contributed by atoms with Crippen LogP contribution in [0.3, 0.4) is 0 Å². The Labute approximate surface area is 129 Å². The van der Waals surface area contributed by atoms with E-state index in [4.69, 9.17) is 9.52 Å². The van der Waals surface area contributed by atoms with Crippen LogP contribution < -0.4 is 5.32 Å². The number of hydrogen-bond donors (Lipinski definition) is 2. The Hall–Kier alpha value is -1.85. The summed E-state index contributed by atoms with van der Waals surface area (Å²) in [6, 6.07) is 9.08. The van der Waals surface area contributed by atoms with Gasteiger partial charge in [0.25, 0.3) is 0 Å². The van der Waals surface area contributed by atoms with Gasteiger partial charge in [0, 0.05) is 24.0 Å². The zero-order valence-corrected chi connectivity index (χ0v) is 12.8. The van der Waals surface area contributed by atoms with Crippen LogP contribution in [0.15, 0.2) is 34.9 Å². The number of nitrogens with one attached hydrogen (secondary N) is 1. The number of carbonyl (C=O) groups is 1. The van der Waals surface area contributed by atoms with Crippen molar-refractivity contribution in [2.45, 2.75) is 38.4 Å². The maximum Gasteiger partial charge on any atom is 0.317 e. The zero-order chi connectivity index (χ0) is 15.5. The van der Waals surface area contributed by atoms with Crippen LogP contribution in [-0.4, -0.2) is 41.1 Å². The van der Waals surface area contributed by atoms with E-state index in [2.05, 4.69) is 17.4 Å². The van der Waals surface area contributed by atoms with E-state index in [0.717, 1.165) is 36.9 Å². The van der Waals surface area contributed by atoms with E-state index >= 15 is 0 Å². The molecule has 5 heteroatoms. The molecule has 1 saturated carbocycles. The first kappa shape index (κ1) is 15.1. The van der Waals surface area contributed by atoms with E-state index in [1.807, 2.05) is 24.0 Å². The van der Waals surface area contributed by atoms with Crippen LogP contribution in [0.5, 0.6) is 0 Å². The highest BCUT2D eigenvalue weighted by Crippen LogP contribution is 2.26. The average molecular weight is 302 g/mol. The number of furan rings is 1. The second kappa shape index (κ2) is 6.50. The molecule has 2 aromatic rings. The fraction of sp³-hybridized carbons (Fsp3) is 0.471. The molecule has 1 aromatic carbocycles. The number of fused-ring (bicyclic) bond motifs is 1. The lowest BCUT2D eigenvalue weighted by Gasteiger charge is -2.42. The molecule has 0 radical (unpaired) electrons. The summed E-state index contributed by atoms with van der Waals surface area (Å²) in [5, 5.41) is 13.6. The van der Waals surface area contributed by atoms with E-state index in [0.29, 0.717) is 12.1 Å². The van der Waals surface area contributed by atoms with Crippen molar-refractivity contribution in [3.05, 3.63) is 36.1 Å². The van der Waals surface area contributed by atoms with Crippen molar-refractivity contribution >= 4 is 16.9 Å². The maximum absolute atomic E-state index is 10.8. The molecule has 1 heterocycles. The number of aliphatic carboxylic acids is 1. The van der Waals surface area contributed by atoms with Crippen LogP contribution in [0.1, 0.15) is 25.3 Å². The third kappa shape index (κ3) is 3.31. The van der Waals surface area contributed by atoms with Crippen molar-refractivity contribution in [2.24, 2.45) is 0 Å². The summed E-state index contributed by atoms with van der Waals surface area (Å²) in [5.41, 5.74) is 2.16. The topological polar surface area (TPSA) is 65.7 Å². The molecule has 0 saturated heterocycles. The third-order valence-electron chi connectivity index (χ3n) is 4.49. The van der Waals surface area contributed by atoms with Crippen LogP contribution in [0.2, 0.25) is 0 Å². The van der Waals surface area contributed by atoms with Gasteiger partial charge in [-0.2, -0.15) is 0 Å². The number of likely N-dealkylation sites (N-methyl/N-ethyl adjacent to an activating group) is 1. The maximum atomic E-state index is 10.8. The first-order chi connectivity index (χ1) is 10.7. The highest BCUT2D eigenvalue weighted by molar-refractivity contribution is 5.77. The van der Waals surface area contributed by atoms with Crippen molar-refractivity contribution in [3.63, 3.8) is 0 Å². The summed E-state index contributed by atoms with van der Waals surface area (Å²) < 4.78 is 5.34. The minimum absolute atomic E-state index is 0.144. The summed E-state index contributed by atoms with van der Waals surface area (Å²) in [7, 11) is 0. The Bertz CT molecular complexity index is 646. The van der Waals surface area contributed by atoms with Crippen LogP contribution in [-0.2, 0) is 11.3 Å². The van der Waals surface area contributed by atoms with Crippen LogP contribution in [0, 0.1) is 0 Å². The van der Waals surface area contributed by atoms with E-state index in [-0.39, 0.29) is 6.54 Å². The summed E-state index contributed by atoms with van der Waals surface area (Å²) in [5.74, 6) is -0.744. The van der Waals surface area contributed by atoms with Crippen LogP contribution in [0.25, 0.3) is 11.0 Å². The highest BCUT2D eigenvalue weighted by Gasteiger charge is 2.33. The molecule has 3 rings (SSSR count). The molecule has 0 spiro atoms. The summed E-state index contributed by atoms with van der Waals surface area (Å²) in [6.07, 6.45) is 3.75. The minimum Gasteiger partial charge on any atom is -0.480 e. The lowest BCUT2D eigenvalue weighted by Crippen LogP contribution is -2.53. The van der Waals surface area contributed by atoms with E-state index < -0.39 is 5.97 Å². The molecule has 0 atom stereocenters. The van der Waals surface area contributed by atoms with Crippen LogP contribution >= 0.6 is 0 Å². The number of carboxylic acid groups (broad SMARTS) is 1. The molecule has 1 aliphatic carbocycles. The number of carboxylic acids is 1. The Kier molecular flexibility index (Phi) is 4.45. The molecule has 1 fully saturated rings. The van der Waals surface area contributed by atoms with Gasteiger partial charge in [-0.15, -0.1) is 0 Å². The molecule has 0 aliphatic heterocycles. The third-order valence-corrected chi connectivity index (χ3v) is 4.49. The second-order valence-corrected chi connectivity index (χ2v) is 5.95. The fourth-order valence-corrected chi connectivity index (χ4v) is 3.11. The van der Waals surface area contributed by atoms with Gasteiger partial charge in [-0.05, 0) is 43.1 Å². The van der Waals surface area contributed by atoms with E-state index in [9.17, 15) is 4.79 Å². The quantitative estimate of drug-likeness (QED) is 0.822. The predicted molar refractivity (Wildman–Crippen MR) is 84.7 cm³/mol. The van der Waals surface area contributed by atoms with Crippen molar-refractivity contribution < 1.29 is 14.3 Å². The molecule has 1 aromatic heterocycles. The Morgan fingerprint density at radius 1 is 1.41 bits per heavy atom. The Balaban J connectivity index is 1.46. The van der Waals surface area contributed by atoms with Gasteiger partial charge in [0.05, 0.1) is 12.8 Å². The number of nitrogens with zero attached hydrogens (tertiary/aromatic N) is 1. The summed E-state index contributed by atoms with van der Waals surface area (Å²) in [6.45, 7) is 3.79. The fourth-order valence-electron chi connectivity index (χ4n) is 3.11. The lowest BCUT2D eigenvalue weighted by atomic mass is 9.85. The van der Waals surface area contributed by atoms with Crippen molar-refractivity contribution in [3.8, 4) is 0 Å². The van der Waals surface area contributed by atoms with E-state index in [1.54, 1.807) is 6.26 Å². The molecule has 0 amide bonds. The first-order valence-corrected chi connectivity index (χ1v) is 7.81. The zero-order valence-electron chi connectivity index (χ0n) is 12.8. The van der Waals surface area contributed by atoms with Crippen LogP contribution in [0.4, 0.5) is 0 Å². The van der Waals surface area contributed by atoms with Gasteiger partial charge < -0.3 is 14.8 Å². The summed E-state index contributed by atoms with van der Waals surface area (Å²) in [4.78, 5) is 12.9. The normalized spacial score (nSPS) is 21.2. The van der Waals surface area contributed by atoms with Gasteiger partial charge in [-0.25, -0.2) is 0 Å². The average Bonchev–Trinajstić information content (AvgIpc) is 2.91. The number of hydrogen-bond acceptors (Lipinski definition) is 4. The second-order valence-electron chi connectivity index (χ2n) is 5.95. The molecular weight excluding hydrogens is 280 g/mol. The monoisotopic (exact) mass is 302 g/mol. The molecular formula is C17H22N2O3. The molecule has 0 unspecified atom stereocenters. The molecule has 1 aliphatic rings. The Morgan fingerprint density at radius 3 is 2.95 bits per heavy atom. The highest BCUT2D eigenvalue weighted by atomic mass is 16.4. The molecule has 118 valence electrons. The van der Waals surface area contributed by atoms with Gasteiger partial charge in [0.1, 0.15) is 5.58 Å². The van der Waals surface area contributed by atoms with E-state index in [1.165, 1.54) is 5.56 Å². The van der Waals surface area contributed by atoms with Crippen molar-refractivity contribution in [1.82, 2.24) is 10.2 Å². The molecule has 0 bridgehead atoms. The van der Waals surface area contributed by atoms with Gasteiger partial charge in [-0.1, -0.05) is 13.0 Å². The molecule has 22 heavy (non-hydrogen) atoms. The number of rotatable bonds is 7. The van der Waals surface area contributed by atoms with Gasteiger partial charge >= 0.3 is 5.97 Å². The minimum atomic E-state index is -0.744. The Morgan fingerprint density at radius 2 is 2.23 bits per heavy atom. The van der Waals surface area contributed by atoms with Gasteiger partial charge in [0.2, 0.25) is 0 Å². The van der Waals surface area contributed by atoms with Gasteiger partial charge in [-0.3, -0.25) is 9.69 Å². The van der Waals surface area contributed by atoms with Crippen molar-refractivity contribution in [2.75, 3.05) is 13.1 Å². The molecule has 5 nitrogen and oxygen atoms in total.